The number of anilines is 2. The molecule has 0 amide bonds. The van der Waals surface area contributed by atoms with Crippen LogP contribution in [0.5, 0.6) is 5.75 Å². The number of nitrogens with one attached hydrogen (secondary N) is 1. The van der Waals surface area contributed by atoms with Crippen molar-refractivity contribution in [1.29, 1.82) is 0 Å². The molecule has 7 heteroatoms. The van der Waals surface area contributed by atoms with Crippen LogP contribution in [-0.4, -0.2) is 17.6 Å². The fourth-order valence-electron chi connectivity index (χ4n) is 2.39. The van der Waals surface area contributed by atoms with Gasteiger partial charge in [0.25, 0.3) is 0 Å². The van der Waals surface area contributed by atoms with E-state index in [2.05, 4.69) is 10.3 Å². The average Bonchev–Trinajstić information content (AvgIpc) is 3.11. The molecule has 120 valence electrons. The predicted octanol–water partition coefficient (Wildman–Crippen LogP) is 2.91. The van der Waals surface area contributed by atoms with Crippen LogP contribution in [0.2, 0.25) is 0 Å². The third-order valence-corrected chi connectivity index (χ3v) is 4.24. The summed E-state index contributed by atoms with van der Waals surface area (Å²) < 4.78 is 11.0. The highest BCUT2D eigenvalue weighted by atomic mass is 32.1. The van der Waals surface area contributed by atoms with E-state index in [9.17, 15) is 9.90 Å². The molecular formula is C17H11N2O4S-. The summed E-state index contributed by atoms with van der Waals surface area (Å²) >= 11 is 1.38. The van der Waals surface area contributed by atoms with Crippen LogP contribution in [0, 0.1) is 0 Å². The predicted molar refractivity (Wildman–Crippen MR) is 89.6 cm³/mol. The summed E-state index contributed by atoms with van der Waals surface area (Å²) in [7, 11) is 0. The average molecular weight is 339 g/mol. The Morgan fingerprint density at radius 2 is 2.04 bits per heavy atom. The van der Waals surface area contributed by atoms with Gasteiger partial charge in [0, 0.05) is 5.69 Å². The molecule has 0 aliphatic carbocycles. The number of carbonyl (C=O) groups excluding carboxylic acids is 1. The molecular weight excluding hydrogens is 328 g/mol. The molecule has 0 bridgehead atoms. The van der Waals surface area contributed by atoms with Crippen LogP contribution in [0.1, 0.15) is 0 Å². The third-order valence-electron chi connectivity index (χ3n) is 3.40. The Kier molecular flexibility index (Phi) is 3.55. The van der Waals surface area contributed by atoms with E-state index in [4.69, 9.17) is 9.15 Å². The number of thiazole rings is 1. The highest BCUT2D eigenvalue weighted by Crippen LogP contribution is 2.39. The number of carboxylic acids is 1. The van der Waals surface area contributed by atoms with Crippen molar-refractivity contribution in [2.45, 2.75) is 0 Å². The number of rotatable bonds is 5. The molecule has 0 aliphatic rings. The molecule has 0 unspecified atom stereocenters. The molecule has 2 heterocycles. The van der Waals surface area contributed by atoms with Gasteiger partial charge in [-0.1, -0.05) is 35.6 Å². The van der Waals surface area contributed by atoms with Crippen molar-refractivity contribution in [3.8, 4) is 5.75 Å². The summed E-state index contributed by atoms with van der Waals surface area (Å²) in [4.78, 5) is 15.8. The summed E-state index contributed by atoms with van der Waals surface area (Å²) in [5.41, 5.74) is 2.14. The molecule has 4 aromatic rings. The van der Waals surface area contributed by atoms with Gasteiger partial charge in [-0.15, -0.1) is 0 Å². The summed E-state index contributed by atoms with van der Waals surface area (Å²) in [5, 5.41) is 15.3. The zero-order valence-corrected chi connectivity index (χ0v) is 13.1. The van der Waals surface area contributed by atoms with E-state index in [-0.39, 0.29) is 0 Å². The molecule has 2 aromatic heterocycles. The molecule has 0 radical (unpaired) electrons. The largest absolute Gasteiger partial charge is 0.546 e. The lowest BCUT2D eigenvalue weighted by Gasteiger charge is -2.06. The van der Waals surface area contributed by atoms with Gasteiger partial charge in [0.2, 0.25) is 4.90 Å². The summed E-state index contributed by atoms with van der Waals surface area (Å²) in [6.07, 6.45) is 0. The van der Waals surface area contributed by atoms with Crippen LogP contribution in [0.3, 0.4) is 0 Å². The van der Waals surface area contributed by atoms with Crippen LogP contribution < -0.4 is 15.2 Å². The maximum Gasteiger partial charge on any atom is 0.211 e. The molecule has 24 heavy (non-hydrogen) atoms. The summed E-state index contributed by atoms with van der Waals surface area (Å²) in [6.45, 7) is -0.526. The summed E-state index contributed by atoms with van der Waals surface area (Å²) in [6, 6.07) is 15.0. The van der Waals surface area contributed by atoms with Gasteiger partial charge in [0.05, 0.1) is 11.4 Å². The number of para-hydroxylation sites is 2. The van der Waals surface area contributed by atoms with Crippen molar-refractivity contribution in [3.05, 3.63) is 48.5 Å². The molecule has 0 aliphatic heterocycles. The molecule has 0 atom stereocenters. The molecule has 1 N–H and O–H groups in total. The number of hydrogen-bond donors (Lipinski definition) is 1. The van der Waals surface area contributed by atoms with E-state index >= 15 is 0 Å². The number of ether oxygens (including phenoxy) is 1. The van der Waals surface area contributed by atoms with Crippen molar-refractivity contribution in [3.63, 3.8) is 0 Å². The second-order valence-corrected chi connectivity index (χ2v) is 6.00. The van der Waals surface area contributed by atoms with Gasteiger partial charge >= 0.3 is 0 Å². The standard InChI is InChI=1S/C17H12N2O4S/c20-13(21)9-22-12-8-4-7-11-14-16(23-15(11)12)24-17(19-14)18-10-5-2-1-3-6-10/h1-8H,9H2,(H,18,19)(H,20,21)/p-1. The first-order chi connectivity index (χ1) is 11.7. The normalized spacial score (nSPS) is 11.0. The Hall–Kier alpha value is -3.06. The molecule has 0 saturated heterocycles. The highest BCUT2D eigenvalue weighted by Gasteiger charge is 2.16. The minimum Gasteiger partial charge on any atom is -0.546 e. The van der Waals surface area contributed by atoms with Gasteiger partial charge in [-0.25, -0.2) is 4.98 Å². The molecule has 4 rings (SSSR count). The monoisotopic (exact) mass is 339 g/mol. The smallest absolute Gasteiger partial charge is 0.211 e. The van der Waals surface area contributed by atoms with Gasteiger partial charge in [-0.2, -0.15) is 0 Å². The number of aromatic nitrogens is 1. The number of fused-ring (bicyclic) bond motifs is 3. The zero-order chi connectivity index (χ0) is 16.5. The number of carboxylic acid groups (broad SMARTS) is 1. The van der Waals surface area contributed by atoms with Crippen molar-refractivity contribution in [2.24, 2.45) is 0 Å². The van der Waals surface area contributed by atoms with Crippen LogP contribution in [0.15, 0.2) is 52.9 Å². The van der Waals surface area contributed by atoms with Crippen LogP contribution >= 0.6 is 11.3 Å². The molecule has 0 spiro atoms. The number of aliphatic carboxylic acids is 1. The van der Waals surface area contributed by atoms with Crippen molar-refractivity contribution in [1.82, 2.24) is 4.98 Å². The number of hydrogen-bond acceptors (Lipinski definition) is 7. The Morgan fingerprint density at radius 1 is 1.21 bits per heavy atom. The van der Waals surface area contributed by atoms with Gasteiger partial charge in [-0.3, -0.25) is 0 Å². The van der Waals surface area contributed by atoms with Crippen LogP contribution in [0.4, 0.5) is 10.8 Å². The molecule has 2 aromatic carbocycles. The Balaban J connectivity index is 1.71. The second kappa shape index (κ2) is 5.86. The zero-order valence-electron chi connectivity index (χ0n) is 12.3. The third kappa shape index (κ3) is 2.65. The number of nitrogens with zero attached hydrogens (tertiary/aromatic N) is 1. The number of benzene rings is 2. The lowest BCUT2D eigenvalue weighted by molar-refractivity contribution is -0.307. The first kappa shape index (κ1) is 14.5. The van der Waals surface area contributed by atoms with Crippen molar-refractivity contribution < 1.29 is 19.1 Å². The van der Waals surface area contributed by atoms with E-state index in [0.717, 1.165) is 16.2 Å². The van der Waals surface area contributed by atoms with Crippen LogP contribution in [-0.2, 0) is 4.79 Å². The van der Waals surface area contributed by atoms with Crippen molar-refractivity contribution >= 4 is 49.5 Å². The summed E-state index contributed by atoms with van der Waals surface area (Å²) in [5.74, 6) is -0.924. The van der Waals surface area contributed by atoms with Gasteiger partial charge in [-0.05, 0) is 24.3 Å². The Morgan fingerprint density at radius 3 is 2.83 bits per heavy atom. The van der Waals surface area contributed by atoms with E-state index in [1.165, 1.54) is 11.3 Å². The lowest BCUT2D eigenvalue weighted by atomic mass is 10.2. The first-order valence-electron chi connectivity index (χ1n) is 7.17. The maximum absolute atomic E-state index is 10.6. The van der Waals surface area contributed by atoms with E-state index in [0.29, 0.717) is 21.7 Å². The minimum atomic E-state index is -1.28. The van der Waals surface area contributed by atoms with Crippen LogP contribution in [0.25, 0.3) is 21.4 Å². The second-order valence-electron chi connectivity index (χ2n) is 5.04. The SMILES string of the molecule is O=C([O-])COc1cccc2c1oc1sc(Nc3ccccc3)nc12. The topological polar surface area (TPSA) is 87.4 Å². The van der Waals surface area contributed by atoms with E-state index in [1.807, 2.05) is 36.4 Å². The fourth-order valence-corrected chi connectivity index (χ4v) is 3.25. The number of carbonyl (C=O) groups is 1. The number of furan rings is 1. The van der Waals surface area contributed by atoms with E-state index < -0.39 is 12.6 Å². The Labute approximate surface area is 140 Å². The van der Waals surface area contributed by atoms with Gasteiger partial charge in [0.15, 0.2) is 16.5 Å². The van der Waals surface area contributed by atoms with E-state index in [1.54, 1.807) is 12.1 Å². The quantitative estimate of drug-likeness (QED) is 0.601. The maximum atomic E-state index is 10.6. The Bertz CT molecular complexity index is 1020. The molecule has 0 fully saturated rings. The minimum absolute atomic E-state index is 0.361. The molecule has 6 nitrogen and oxygen atoms in total. The van der Waals surface area contributed by atoms with Gasteiger partial charge in [0.1, 0.15) is 12.1 Å². The highest BCUT2D eigenvalue weighted by molar-refractivity contribution is 7.21. The molecule has 0 saturated carbocycles. The van der Waals surface area contributed by atoms with Gasteiger partial charge < -0.3 is 24.4 Å². The lowest BCUT2D eigenvalue weighted by Crippen LogP contribution is -2.28. The first-order valence-corrected chi connectivity index (χ1v) is 7.99. The van der Waals surface area contributed by atoms with Crippen molar-refractivity contribution in [2.75, 3.05) is 11.9 Å². The fraction of sp³-hybridized carbons (Fsp3) is 0.0588.